The number of aromatic nitrogens is 3. The molecule has 3 aromatic heterocycles. The zero-order chi connectivity index (χ0) is 17.6. The van der Waals surface area contributed by atoms with Crippen molar-refractivity contribution in [1.82, 2.24) is 19.9 Å². The highest BCUT2D eigenvalue weighted by Crippen LogP contribution is 2.40. The van der Waals surface area contributed by atoms with Crippen LogP contribution in [0.3, 0.4) is 0 Å². The summed E-state index contributed by atoms with van der Waals surface area (Å²) in [5.74, 6) is 1.44. The van der Waals surface area contributed by atoms with Crippen molar-refractivity contribution in [3.63, 3.8) is 0 Å². The summed E-state index contributed by atoms with van der Waals surface area (Å²) in [5, 5.41) is 4.04. The van der Waals surface area contributed by atoms with Crippen molar-refractivity contribution in [3.8, 4) is 0 Å². The van der Waals surface area contributed by atoms with Gasteiger partial charge in [-0.3, -0.25) is 4.79 Å². The van der Waals surface area contributed by atoms with Crippen molar-refractivity contribution in [2.75, 3.05) is 12.4 Å². The zero-order valence-electron chi connectivity index (χ0n) is 14.4. The Morgan fingerprint density at radius 1 is 1.36 bits per heavy atom. The Morgan fingerprint density at radius 2 is 2.16 bits per heavy atom. The maximum atomic E-state index is 13.0. The van der Waals surface area contributed by atoms with E-state index in [1.54, 1.807) is 25.1 Å². The number of hydrogen-bond donors (Lipinski definition) is 1. The fourth-order valence-electron chi connectivity index (χ4n) is 2.79. The van der Waals surface area contributed by atoms with E-state index in [1.807, 2.05) is 0 Å². The van der Waals surface area contributed by atoms with Crippen LogP contribution in [-0.2, 0) is 6.54 Å². The number of amides is 1. The second kappa shape index (κ2) is 5.58. The average molecular weight is 341 g/mol. The van der Waals surface area contributed by atoms with Gasteiger partial charge < -0.3 is 19.1 Å². The van der Waals surface area contributed by atoms with Crippen molar-refractivity contribution in [1.29, 1.82) is 0 Å². The highest BCUT2D eigenvalue weighted by molar-refractivity contribution is 6.10. The first-order valence-corrected chi connectivity index (χ1v) is 8.13. The first-order chi connectivity index (χ1) is 12.0. The van der Waals surface area contributed by atoms with E-state index in [0.717, 1.165) is 12.8 Å². The van der Waals surface area contributed by atoms with Crippen LogP contribution in [0.2, 0.25) is 0 Å². The van der Waals surface area contributed by atoms with Crippen LogP contribution in [0.15, 0.2) is 27.6 Å². The highest BCUT2D eigenvalue weighted by atomic mass is 16.3. The zero-order valence-corrected chi connectivity index (χ0v) is 14.4. The molecular formula is C17H19N5O3. The van der Waals surface area contributed by atoms with Crippen LogP contribution in [0, 0.1) is 6.92 Å². The summed E-state index contributed by atoms with van der Waals surface area (Å²) < 4.78 is 10.9. The molecule has 3 aromatic rings. The maximum Gasteiger partial charge on any atom is 0.258 e. The van der Waals surface area contributed by atoms with Crippen molar-refractivity contribution in [2.24, 2.45) is 0 Å². The van der Waals surface area contributed by atoms with Crippen LogP contribution >= 0.6 is 0 Å². The van der Waals surface area contributed by atoms with E-state index in [-0.39, 0.29) is 18.0 Å². The second-order valence-corrected chi connectivity index (χ2v) is 6.71. The molecule has 4 rings (SSSR count). The Labute approximate surface area is 144 Å². The molecule has 0 spiro atoms. The molecule has 0 bridgehead atoms. The number of anilines is 1. The number of nitrogens with zero attached hydrogens (tertiary/aromatic N) is 4. The molecule has 1 amide bonds. The molecule has 8 nitrogen and oxygen atoms in total. The second-order valence-electron chi connectivity index (χ2n) is 6.71. The van der Waals surface area contributed by atoms with Crippen molar-refractivity contribution >= 4 is 22.8 Å². The minimum atomic E-state index is -0.187. The maximum absolute atomic E-state index is 13.0. The Bertz CT molecular complexity index is 927. The summed E-state index contributed by atoms with van der Waals surface area (Å²) >= 11 is 0. The first-order valence-electron chi connectivity index (χ1n) is 8.13. The lowest BCUT2D eigenvalue weighted by atomic mass is 10.1. The number of fused-ring (bicyclic) bond motifs is 1. The van der Waals surface area contributed by atoms with Gasteiger partial charge in [0.2, 0.25) is 11.6 Å². The third kappa shape index (κ3) is 2.84. The molecule has 3 heterocycles. The van der Waals surface area contributed by atoms with Crippen molar-refractivity contribution in [3.05, 3.63) is 36.0 Å². The molecule has 1 N–H and O–H groups in total. The number of rotatable bonds is 5. The topological polar surface area (TPSA) is 97.3 Å². The average Bonchev–Trinajstić information content (AvgIpc) is 2.98. The SMILES string of the molecule is Cc1oc2ncnc(NC3(C)CC3)c2c1C(=O)N(C)Cc1ncco1. The lowest BCUT2D eigenvalue weighted by Crippen LogP contribution is -2.27. The van der Waals surface area contributed by atoms with Crippen LogP contribution in [0.5, 0.6) is 0 Å². The van der Waals surface area contributed by atoms with Gasteiger partial charge in [-0.05, 0) is 26.7 Å². The normalized spacial score (nSPS) is 15.3. The monoisotopic (exact) mass is 341 g/mol. The van der Waals surface area contributed by atoms with E-state index < -0.39 is 0 Å². The first kappa shape index (κ1) is 15.6. The largest absolute Gasteiger partial charge is 0.447 e. The van der Waals surface area contributed by atoms with Gasteiger partial charge in [-0.1, -0.05) is 0 Å². The minimum Gasteiger partial charge on any atom is -0.447 e. The molecule has 8 heteroatoms. The number of carbonyl (C=O) groups excluding carboxylic acids is 1. The van der Waals surface area contributed by atoms with Gasteiger partial charge in [-0.25, -0.2) is 15.0 Å². The third-order valence-corrected chi connectivity index (χ3v) is 4.50. The fourth-order valence-corrected chi connectivity index (χ4v) is 2.79. The number of nitrogens with one attached hydrogen (secondary N) is 1. The molecule has 1 aliphatic rings. The lowest BCUT2D eigenvalue weighted by molar-refractivity contribution is 0.0773. The van der Waals surface area contributed by atoms with Crippen LogP contribution in [0.1, 0.15) is 41.8 Å². The number of oxazole rings is 1. The molecule has 1 saturated carbocycles. The molecule has 130 valence electrons. The van der Waals surface area contributed by atoms with Crippen LogP contribution < -0.4 is 5.32 Å². The molecule has 0 aliphatic heterocycles. The van der Waals surface area contributed by atoms with Crippen LogP contribution in [0.4, 0.5) is 5.82 Å². The van der Waals surface area contributed by atoms with Gasteiger partial charge in [-0.2, -0.15) is 0 Å². The molecular weight excluding hydrogens is 322 g/mol. The summed E-state index contributed by atoms with van der Waals surface area (Å²) in [6.45, 7) is 4.16. The van der Waals surface area contributed by atoms with E-state index in [4.69, 9.17) is 8.83 Å². The molecule has 0 saturated heterocycles. The highest BCUT2D eigenvalue weighted by Gasteiger charge is 2.38. The Kier molecular flexibility index (Phi) is 3.48. The predicted octanol–water partition coefficient (Wildman–Crippen LogP) is 2.76. The summed E-state index contributed by atoms with van der Waals surface area (Å²) in [6.07, 6.45) is 6.63. The lowest BCUT2D eigenvalue weighted by Gasteiger charge is -2.16. The fraction of sp³-hybridized carbons (Fsp3) is 0.412. The standard InChI is InChI=1S/C17H19N5O3/c1-10-12(16(23)22(3)8-11-18-6-7-24-11)13-14(21-17(2)4-5-17)19-9-20-15(13)25-10/h6-7,9H,4-5,8H2,1-3H3,(H,19,20,21). The van der Waals surface area contributed by atoms with Gasteiger partial charge in [0, 0.05) is 12.6 Å². The number of carbonyl (C=O) groups is 1. The molecule has 0 radical (unpaired) electrons. The number of furan rings is 1. The molecule has 0 aromatic carbocycles. The summed E-state index contributed by atoms with van der Waals surface area (Å²) in [4.78, 5) is 27.1. The van der Waals surface area contributed by atoms with Gasteiger partial charge >= 0.3 is 0 Å². The van der Waals surface area contributed by atoms with Gasteiger partial charge in [0.1, 0.15) is 24.2 Å². The minimum absolute atomic E-state index is 0.0246. The molecule has 1 aliphatic carbocycles. The predicted molar refractivity (Wildman–Crippen MR) is 90.1 cm³/mol. The Morgan fingerprint density at radius 3 is 2.84 bits per heavy atom. The van der Waals surface area contributed by atoms with Gasteiger partial charge in [0.15, 0.2) is 0 Å². The van der Waals surface area contributed by atoms with E-state index in [9.17, 15) is 4.79 Å². The summed E-state index contributed by atoms with van der Waals surface area (Å²) in [6, 6.07) is 0. The Hall–Kier alpha value is -2.90. The van der Waals surface area contributed by atoms with Gasteiger partial charge in [-0.15, -0.1) is 0 Å². The number of aryl methyl sites for hydroxylation is 1. The van der Waals surface area contributed by atoms with Crippen molar-refractivity contribution < 1.29 is 13.6 Å². The summed E-state index contributed by atoms with van der Waals surface area (Å²) in [7, 11) is 1.70. The molecule has 25 heavy (non-hydrogen) atoms. The molecule has 0 unspecified atom stereocenters. The van der Waals surface area contributed by atoms with E-state index >= 15 is 0 Å². The van der Waals surface area contributed by atoms with E-state index in [1.165, 1.54) is 12.6 Å². The van der Waals surface area contributed by atoms with E-state index in [0.29, 0.717) is 34.1 Å². The van der Waals surface area contributed by atoms with Crippen LogP contribution in [0.25, 0.3) is 11.1 Å². The van der Waals surface area contributed by atoms with Gasteiger partial charge in [0.05, 0.1) is 23.7 Å². The molecule has 0 atom stereocenters. The number of hydrogen-bond acceptors (Lipinski definition) is 7. The van der Waals surface area contributed by atoms with Crippen molar-refractivity contribution in [2.45, 2.75) is 38.8 Å². The quantitative estimate of drug-likeness (QED) is 0.762. The van der Waals surface area contributed by atoms with Gasteiger partial charge in [0.25, 0.3) is 5.91 Å². The van der Waals surface area contributed by atoms with Crippen LogP contribution in [-0.4, -0.2) is 38.3 Å². The smallest absolute Gasteiger partial charge is 0.258 e. The van der Waals surface area contributed by atoms with E-state index in [2.05, 4.69) is 27.2 Å². The summed E-state index contributed by atoms with van der Waals surface area (Å²) in [5.41, 5.74) is 0.903. The third-order valence-electron chi connectivity index (χ3n) is 4.50. The Balaban J connectivity index is 1.72. The molecule has 1 fully saturated rings.